The summed E-state index contributed by atoms with van der Waals surface area (Å²) in [5.41, 5.74) is 1.19. The molecule has 1 aliphatic rings. The number of rotatable bonds is 4. The average molecular weight is 430 g/mol. The lowest BCUT2D eigenvalue weighted by Crippen LogP contribution is -2.37. The van der Waals surface area contributed by atoms with Gasteiger partial charge in [0.2, 0.25) is 5.91 Å². The molecule has 1 aliphatic heterocycles. The average Bonchev–Trinajstić information content (AvgIpc) is 3.16. The molecule has 3 aromatic rings. The van der Waals surface area contributed by atoms with Crippen LogP contribution in [-0.2, 0) is 17.9 Å². The van der Waals surface area contributed by atoms with Gasteiger partial charge in [-0.25, -0.2) is 13.8 Å². The van der Waals surface area contributed by atoms with Crippen LogP contribution in [0, 0.1) is 11.6 Å². The molecule has 30 heavy (non-hydrogen) atoms. The predicted octanol–water partition coefficient (Wildman–Crippen LogP) is 4.69. The molecule has 1 amide bonds. The van der Waals surface area contributed by atoms with Gasteiger partial charge in [0, 0.05) is 24.2 Å². The third-order valence-electron chi connectivity index (χ3n) is 5.12. The van der Waals surface area contributed by atoms with Crippen LogP contribution in [-0.4, -0.2) is 34.0 Å². The van der Waals surface area contributed by atoms with Crippen LogP contribution in [0.3, 0.4) is 0 Å². The molecule has 0 aliphatic carbocycles. The fourth-order valence-electron chi connectivity index (χ4n) is 3.69. The van der Waals surface area contributed by atoms with E-state index < -0.39 is 11.6 Å². The van der Waals surface area contributed by atoms with Gasteiger partial charge < -0.3 is 14.2 Å². The molecule has 0 saturated heterocycles. The van der Waals surface area contributed by atoms with Crippen LogP contribution < -0.4 is 4.74 Å². The van der Waals surface area contributed by atoms with Crippen molar-refractivity contribution in [1.82, 2.24) is 14.5 Å². The third-order valence-corrected chi connectivity index (χ3v) is 5.41. The zero-order valence-corrected chi connectivity index (χ0v) is 16.9. The Morgan fingerprint density at radius 1 is 1.23 bits per heavy atom. The molecular weight excluding hydrogens is 412 g/mol. The fraction of sp³-hybridized carbons (Fsp3) is 0.182. The van der Waals surface area contributed by atoms with Crippen molar-refractivity contribution in [2.75, 3.05) is 13.7 Å². The number of nitrogens with zero attached hydrogens (tertiary/aromatic N) is 3. The smallest absolute Gasteiger partial charge is 0.246 e. The standard InChI is InChI=1S/C22H18ClF2N3O2/c1-3-19(29)27-7-8-28-14(12-27)11-26-22(28)13-9-15(23)20(17(25)10-13)21-16(24)5-4-6-18(21)30-2/h3-6,9-11H,1,7-8,12H2,2H3. The van der Waals surface area contributed by atoms with Crippen LogP contribution >= 0.6 is 11.6 Å². The Morgan fingerprint density at radius 2 is 2.03 bits per heavy atom. The van der Waals surface area contributed by atoms with Crippen molar-refractivity contribution in [3.05, 3.63) is 71.5 Å². The van der Waals surface area contributed by atoms with E-state index in [4.69, 9.17) is 16.3 Å². The van der Waals surface area contributed by atoms with Gasteiger partial charge in [0.15, 0.2) is 0 Å². The van der Waals surface area contributed by atoms with Crippen molar-refractivity contribution in [1.29, 1.82) is 0 Å². The van der Waals surface area contributed by atoms with Crippen molar-refractivity contribution in [3.63, 3.8) is 0 Å². The SMILES string of the molecule is C=CC(=O)N1CCn2c(cnc2-c2cc(F)c(-c3c(F)cccc3OC)c(Cl)c2)C1. The van der Waals surface area contributed by atoms with E-state index in [0.29, 0.717) is 31.0 Å². The zero-order valence-electron chi connectivity index (χ0n) is 16.2. The normalized spacial score (nSPS) is 13.1. The van der Waals surface area contributed by atoms with Crippen molar-refractivity contribution < 1.29 is 18.3 Å². The molecule has 4 rings (SSSR count). The van der Waals surface area contributed by atoms with Gasteiger partial charge in [-0.3, -0.25) is 4.79 Å². The number of carbonyl (C=O) groups is 1. The summed E-state index contributed by atoms with van der Waals surface area (Å²) in [7, 11) is 1.38. The Hall–Kier alpha value is -3.19. The largest absolute Gasteiger partial charge is 0.496 e. The van der Waals surface area contributed by atoms with Crippen LogP contribution in [0.1, 0.15) is 5.69 Å². The Balaban J connectivity index is 1.76. The van der Waals surface area contributed by atoms with Gasteiger partial charge in [0.25, 0.3) is 0 Å². The maximum Gasteiger partial charge on any atom is 0.246 e. The fourth-order valence-corrected chi connectivity index (χ4v) is 3.99. The van der Waals surface area contributed by atoms with E-state index in [0.717, 1.165) is 5.69 Å². The molecule has 2 aromatic carbocycles. The Kier molecular flexibility index (Phi) is 5.30. The minimum atomic E-state index is -0.683. The van der Waals surface area contributed by atoms with Crippen LogP contribution in [0.2, 0.25) is 5.02 Å². The minimum absolute atomic E-state index is 0.0298. The number of aromatic nitrogens is 2. The van der Waals surface area contributed by atoms with E-state index in [1.807, 2.05) is 4.57 Å². The Bertz CT molecular complexity index is 1140. The zero-order chi connectivity index (χ0) is 21.4. The quantitative estimate of drug-likeness (QED) is 0.565. The molecular formula is C22H18ClF2N3O2. The lowest BCUT2D eigenvalue weighted by molar-refractivity contribution is -0.127. The number of amides is 1. The second kappa shape index (κ2) is 7.91. The van der Waals surface area contributed by atoms with Gasteiger partial charge in [-0.1, -0.05) is 24.2 Å². The molecule has 0 bridgehead atoms. The van der Waals surface area contributed by atoms with Crippen molar-refractivity contribution >= 4 is 17.5 Å². The molecule has 0 unspecified atom stereocenters. The maximum atomic E-state index is 15.1. The van der Waals surface area contributed by atoms with Gasteiger partial charge in [0.05, 0.1) is 36.1 Å². The topological polar surface area (TPSA) is 47.4 Å². The highest BCUT2D eigenvalue weighted by Gasteiger charge is 2.25. The summed E-state index contributed by atoms with van der Waals surface area (Å²) in [5.74, 6) is -0.746. The van der Waals surface area contributed by atoms with Crippen LogP contribution in [0.15, 0.2) is 49.2 Å². The number of ether oxygens (including phenoxy) is 1. The minimum Gasteiger partial charge on any atom is -0.496 e. The van der Waals surface area contributed by atoms with E-state index in [2.05, 4.69) is 11.6 Å². The number of methoxy groups -OCH3 is 1. The summed E-state index contributed by atoms with van der Waals surface area (Å²) >= 11 is 6.39. The molecule has 8 heteroatoms. The van der Waals surface area contributed by atoms with Gasteiger partial charge in [-0.15, -0.1) is 0 Å². The van der Waals surface area contributed by atoms with E-state index in [1.165, 1.54) is 31.4 Å². The lowest BCUT2D eigenvalue weighted by atomic mass is 10.0. The maximum absolute atomic E-state index is 15.1. The molecule has 0 radical (unpaired) electrons. The number of fused-ring (bicyclic) bond motifs is 1. The summed E-state index contributed by atoms with van der Waals surface area (Å²) in [6.07, 6.45) is 2.93. The highest BCUT2D eigenvalue weighted by atomic mass is 35.5. The van der Waals surface area contributed by atoms with Crippen LogP contribution in [0.5, 0.6) is 5.75 Å². The molecule has 5 nitrogen and oxygen atoms in total. The summed E-state index contributed by atoms with van der Waals surface area (Å²) in [5, 5.41) is 0.0463. The molecule has 154 valence electrons. The van der Waals surface area contributed by atoms with Crippen molar-refractivity contribution in [2.24, 2.45) is 0 Å². The summed E-state index contributed by atoms with van der Waals surface area (Å²) < 4.78 is 36.7. The number of imidazole rings is 1. The van der Waals surface area contributed by atoms with Gasteiger partial charge >= 0.3 is 0 Å². The third kappa shape index (κ3) is 3.35. The second-order valence-corrected chi connectivity index (χ2v) is 7.23. The molecule has 0 spiro atoms. The van der Waals surface area contributed by atoms with E-state index in [-0.39, 0.29) is 27.8 Å². The first kappa shape index (κ1) is 20.1. The first-order chi connectivity index (χ1) is 14.4. The van der Waals surface area contributed by atoms with Gasteiger partial charge in [-0.05, 0) is 30.3 Å². The predicted molar refractivity (Wildman–Crippen MR) is 110 cm³/mol. The first-order valence-corrected chi connectivity index (χ1v) is 9.60. The summed E-state index contributed by atoms with van der Waals surface area (Å²) in [4.78, 5) is 17.9. The van der Waals surface area contributed by atoms with Crippen molar-refractivity contribution in [2.45, 2.75) is 13.1 Å². The molecule has 0 atom stereocenters. The van der Waals surface area contributed by atoms with E-state index in [9.17, 15) is 9.18 Å². The van der Waals surface area contributed by atoms with Crippen molar-refractivity contribution in [3.8, 4) is 28.3 Å². The number of carbonyl (C=O) groups excluding carboxylic acids is 1. The van der Waals surface area contributed by atoms with E-state index >= 15 is 4.39 Å². The van der Waals surface area contributed by atoms with Crippen LogP contribution in [0.25, 0.3) is 22.5 Å². The lowest BCUT2D eigenvalue weighted by Gasteiger charge is -2.28. The second-order valence-electron chi connectivity index (χ2n) is 6.82. The molecule has 0 saturated carbocycles. The Labute approximate surface area is 177 Å². The highest BCUT2D eigenvalue weighted by molar-refractivity contribution is 6.33. The van der Waals surface area contributed by atoms with Gasteiger partial charge in [0.1, 0.15) is 23.2 Å². The van der Waals surface area contributed by atoms with Gasteiger partial charge in [-0.2, -0.15) is 0 Å². The van der Waals surface area contributed by atoms with E-state index in [1.54, 1.807) is 23.2 Å². The molecule has 0 N–H and O–H groups in total. The number of benzene rings is 2. The molecule has 1 aromatic heterocycles. The number of hydrogen-bond donors (Lipinski definition) is 0. The Morgan fingerprint density at radius 3 is 2.73 bits per heavy atom. The highest BCUT2D eigenvalue weighted by Crippen LogP contribution is 2.40. The monoisotopic (exact) mass is 429 g/mol. The summed E-state index contributed by atoms with van der Waals surface area (Å²) in [6, 6.07) is 7.09. The molecule has 0 fully saturated rings. The first-order valence-electron chi connectivity index (χ1n) is 9.22. The number of hydrogen-bond acceptors (Lipinski definition) is 3. The van der Waals surface area contributed by atoms with Crippen LogP contribution in [0.4, 0.5) is 8.78 Å². The summed E-state index contributed by atoms with van der Waals surface area (Å²) in [6.45, 7) is 4.89. The molecule has 2 heterocycles. The number of halogens is 3.